The second kappa shape index (κ2) is 6.85. The number of sulfonamides is 1. The van der Waals surface area contributed by atoms with Crippen molar-refractivity contribution in [1.29, 1.82) is 0 Å². The van der Waals surface area contributed by atoms with Crippen LogP contribution in [0.5, 0.6) is 0 Å². The zero-order chi connectivity index (χ0) is 16.3. The number of piperidine rings is 1. The minimum Gasteiger partial charge on any atom is -0.269 e. The maximum Gasteiger partial charge on any atom is 0.343 e. The molecule has 0 aliphatic carbocycles. The normalized spacial score (nSPS) is 23.0. The molecule has 122 valence electrons. The number of hydrogen-bond acceptors (Lipinski definition) is 4. The number of amides is 2. The highest BCUT2D eigenvalue weighted by atomic mass is 35.5. The van der Waals surface area contributed by atoms with Gasteiger partial charge in [-0.15, -0.1) is 0 Å². The molecular formula is C14H20ClN3O3S. The molecule has 0 spiro atoms. The Morgan fingerprint density at radius 3 is 2.27 bits per heavy atom. The van der Waals surface area contributed by atoms with Crippen LogP contribution in [0, 0.1) is 0 Å². The third-order valence-electron chi connectivity index (χ3n) is 3.78. The van der Waals surface area contributed by atoms with Gasteiger partial charge in [0.15, 0.2) is 0 Å². The predicted octanol–water partition coefficient (Wildman–Crippen LogP) is 2.51. The Balaban J connectivity index is 2.03. The summed E-state index contributed by atoms with van der Waals surface area (Å²) in [5.74, 6) is 0. The van der Waals surface area contributed by atoms with Crippen LogP contribution in [0.3, 0.4) is 0 Å². The van der Waals surface area contributed by atoms with Gasteiger partial charge in [-0.3, -0.25) is 5.43 Å². The molecule has 2 N–H and O–H groups in total. The van der Waals surface area contributed by atoms with E-state index >= 15 is 0 Å². The van der Waals surface area contributed by atoms with Gasteiger partial charge in [-0.05, 0) is 51.0 Å². The number of rotatable bonds is 3. The molecule has 1 aromatic rings. The standard InChI is InChI=1S/C14H20ClN3O3S/c1-10-4-3-5-11(2)18(10)16-14(19)17-22(20,21)13-8-6-12(15)7-9-13/h6-11H,3-5H2,1-2H3,(H2,16,17,19). The summed E-state index contributed by atoms with van der Waals surface area (Å²) in [6.07, 6.45) is 3.04. The van der Waals surface area contributed by atoms with Gasteiger partial charge in [-0.2, -0.15) is 0 Å². The van der Waals surface area contributed by atoms with Crippen LogP contribution in [0.4, 0.5) is 4.79 Å². The van der Waals surface area contributed by atoms with Gasteiger partial charge in [0.1, 0.15) is 0 Å². The Morgan fingerprint density at radius 1 is 1.18 bits per heavy atom. The molecule has 2 rings (SSSR count). The summed E-state index contributed by atoms with van der Waals surface area (Å²) in [4.78, 5) is 12.0. The van der Waals surface area contributed by atoms with Crippen LogP contribution in [0.15, 0.2) is 29.2 Å². The Hall–Kier alpha value is -1.31. The van der Waals surface area contributed by atoms with Crippen molar-refractivity contribution in [2.45, 2.75) is 50.1 Å². The lowest BCUT2D eigenvalue weighted by Gasteiger charge is -2.38. The lowest BCUT2D eigenvalue weighted by Crippen LogP contribution is -2.57. The Morgan fingerprint density at radius 2 is 1.73 bits per heavy atom. The Bertz CT molecular complexity index is 623. The fourth-order valence-corrected chi connectivity index (χ4v) is 3.60. The quantitative estimate of drug-likeness (QED) is 0.882. The van der Waals surface area contributed by atoms with Crippen LogP contribution >= 0.6 is 11.6 Å². The number of hydrogen-bond donors (Lipinski definition) is 2. The van der Waals surface area contributed by atoms with Crippen molar-refractivity contribution in [2.75, 3.05) is 0 Å². The number of benzene rings is 1. The first-order valence-electron chi connectivity index (χ1n) is 7.17. The van der Waals surface area contributed by atoms with Crippen molar-refractivity contribution in [1.82, 2.24) is 15.2 Å². The molecule has 0 aromatic heterocycles. The van der Waals surface area contributed by atoms with E-state index in [1.54, 1.807) is 5.01 Å². The maximum absolute atomic E-state index is 12.1. The van der Waals surface area contributed by atoms with E-state index in [2.05, 4.69) is 5.43 Å². The van der Waals surface area contributed by atoms with Gasteiger partial charge in [0.05, 0.1) is 4.90 Å². The molecule has 1 saturated heterocycles. The summed E-state index contributed by atoms with van der Waals surface area (Å²) in [5, 5.41) is 2.23. The molecule has 6 nitrogen and oxygen atoms in total. The molecule has 2 unspecified atom stereocenters. The monoisotopic (exact) mass is 345 g/mol. The fourth-order valence-electron chi connectivity index (χ4n) is 2.58. The van der Waals surface area contributed by atoms with Crippen molar-refractivity contribution < 1.29 is 13.2 Å². The highest BCUT2D eigenvalue weighted by molar-refractivity contribution is 7.90. The molecule has 1 heterocycles. The van der Waals surface area contributed by atoms with Gasteiger partial charge in [0.25, 0.3) is 10.0 Å². The molecule has 1 aliphatic heterocycles. The number of halogens is 1. The van der Waals surface area contributed by atoms with Crippen LogP contribution in [-0.4, -0.2) is 31.5 Å². The number of carbonyl (C=O) groups is 1. The first kappa shape index (κ1) is 17.1. The van der Waals surface area contributed by atoms with Crippen LogP contribution in [0.2, 0.25) is 5.02 Å². The summed E-state index contributed by atoms with van der Waals surface area (Å²) in [5.41, 5.74) is 2.63. The molecule has 1 fully saturated rings. The number of nitrogens with zero attached hydrogens (tertiary/aromatic N) is 1. The third kappa shape index (κ3) is 4.12. The van der Waals surface area contributed by atoms with Gasteiger partial charge < -0.3 is 0 Å². The van der Waals surface area contributed by atoms with Gasteiger partial charge in [0, 0.05) is 17.1 Å². The van der Waals surface area contributed by atoms with E-state index in [1.807, 2.05) is 18.6 Å². The van der Waals surface area contributed by atoms with Crippen LogP contribution < -0.4 is 10.1 Å². The van der Waals surface area contributed by atoms with E-state index in [-0.39, 0.29) is 17.0 Å². The predicted molar refractivity (Wildman–Crippen MR) is 84.9 cm³/mol. The lowest BCUT2D eigenvalue weighted by atomic mass is 10.00. The first-order valence-corrected chi connectivity index (χ1v) is 9.03. The van der Waals surface area contributed by atoms with E-state index in [0.717, 1.165) is 19.3 Å². The Labute approximate surface area is 135 Å². The van der Waals surface area contributed by atoms with Crippen molar-refractivity contribution in [2.24, 2.45) is 0 Å². The SMILES string of the molecule is CC1CCCC(C)N1NC(=O)NS(=O)(=O)c1ccc(Cl)cc1. The second-order valence-corrected chi connectivity index (χ2v) is 7.66. The largest absolute Gasteiger partial charge is 0.343 e. The van der Waals surface area contributed by atoms with Crippen molar-refractivity contribution in [3.8, 4) is 0 Å². The summed E-state index contributed by atoms with van der Waals surface area (Å²) in [7, 11) is -3.91. The molecule has 1 aliphatic rings. The summed E-state index contributed by atoms with van der Waals surface area (Å²) < 4.78 is 26.3. The van der Waals surface area contributed by atoms with Gasteiger partial charge in [-0.25, -0.2) is 22.9 Å². The van der Waals surface area contributed by atoms with Crippen LogP contribution in [0.25, 0.3) is 0 Å². The Kier molecular flexibility index (Phi) is 5.31. The van der Waals surface area contributed by atoms with Gasteiger partial charge in [0.2, 0.25) is 0 Å². The number of carbonyl (C=O) groups excluding carboxylic acids is 1. The summed E-state index contributed by atoms with van der Waals surface area (Å²) in [6, 6.07) is 5.22. The van der Waals surface area contributed by atoms with E-state index in [9.17, 15) is 13.2 Å². The van der Waals surface area contributed by atoms with Crippen molar-refractivity contribution in [3.05, 3.63) is 29.3 Å². The molecule has 2 amide bonds. The minimum absolute atomic E-state index is 0.00760. The van der Waals surface area contributed by atoms with E-state index in [0.29, 0.717) is 5.02 Å². The topological polar surface area (TPSA) is 78.5 Å². The molecule has 0 radical (unpaired) electrons. The molecule has 2 atom stereocenters. The molecular weight excluding hydrogens is 326 g/mol. The lowest BCUT2D eigenvalue weighted by molar-refractivity contribution is 0.0607. The van der Waals surface area contributed by atoms with Crippen LogP contribution in [0.1, 0.15) is 33.1 Å². The van der Waals surface area contributed by atoms with E-state index in [1.165, 1.54) is 24.3 Å². The first-order chi connectivity index (χ1) is 10.3. The number of urea groups is 1. The summed E-state index contributed by atoms with van der Waals surface area (Å²) >= 11 is 5.73. The molecule has 0 saturated carbocycles. The minimum atomic E-state index is -3.91. The van der Waals surface area contributed by atoms with Gasteiger partial charge >= 0.3 is 6.03 Å². The van der Waals surface area contributed by atoms with Crippen LogP contribution in [-0.2, 0) is 10.0 Å². The van der Waals surface area contributed by atoms with E-state index < -0.39 is 16.1 Å². The van der Waals surface area contributed by atoms with Crippen molar-refractivity contribution in [3.63, 3.8) is 0 Å². The third-order valence-corrected chi connectivity index (χ3v) is 5.37. The highest BCUT2D eigenvalue weighted by Gasteiger charge is 2.27. The molecule has 8 heteroatoms. The zero-order valence-corrected chi connectivity index (χ0v) is 14.1. The average Bonchev–Trinajstić information content (AvgIpc) is 2.43. The number of hydrazine groups is 1. The van der Waals surface area contributed by atoms with E-state index in [4.69, 9.17) is 11.6 Å². The van der Waals surface area contributed by atoms with Gasteiger partial charge in [-0.1, -0.05) is 18.0 Å². The molecule has 0 bridgehead atoms. The molecule has 22 heavy (non-hydrogen) atoms. The van der Waals surface area contributed by atoms with Crippen molar-refractivity contribution >= 4 is 27.7 Å². The fraction of sp³-hybridized carbons (Fsp3) is 0.500. The zero-order valence-electron chi connectivity index (χ0n) is 12.5. The maximum atomic E-state index is 12.1. The smallest absolute Gasteiger partial charge is 0.269 e. The summed E-state index contributed by atoms with van der Waals surface area (Å²) in [6.45, 7) is 4.01. The highest BCUT2D eigenvalue weighted by Crippen LogP contribution is 2.20. The number of nitrogens with one attached hydrogen (secondary N) is 2. The second-order valence-electron chi connectivity index (χ2n) is 5.54. The molecule has 1 aromatic carbocycles. The average molecular weight is 346 g/mol.